The molecule has 2 aliphatic heterocycles. The third-order valence-corrected chi connectivity index (χ3v) is 5.38. The Morgan fingerprint density at radius 1 is 1.22 bits per heavy atom. The van der Waals surface area contributed by atoms with Gasteiger partial charge in [0.05, 0.1) is 5.56 Å². The number of aromatic nitrogens is 1. The Morgan fingerprint density at radius 3 is 2.44 bits per heavy atom. The fourth-order valence-electron chi connectivity index (χ4n) is 3.87. The largest absolute Gasteiger partial charge is 0.417 e. The van der Waals surface area contributed by atoms with Gasteiger partial charge in [-0.3, -0.25) is 4.79 Å². The molecule has 0 bridgehead atoms. The fraction of sp³-hybridized carbons (Fsp3) is 0.684. The number of pyridine rings is 1. The maximum absolute atomic E-state index is 12.6. The molecule has 1 unspecified atom stereocenters. The molecule has 3 heterocycles. The van der Waals surface area contributed by atoms with E-state index >= 15 is 0 Å². The van der Waals surface area contributed by atoms with Gasteiger partial charge in [-0.25, -0.2) is 4.98 Å². The van der Waals surface area contributed by atoms with Gasteiger partial charge in [0.15, 0.2) is 0 Å². The number of alkyl halides is 3. The summed E-state index contributed by atoms with van der Waals surface area (Å²) in [6.07, 6.45) is 0.334. The fourth-order valence-corrected chi connectivity index (χ4v) is 3.87. The van der Waals surface area contributed by atoms with Crippen LogP contribution in [0.4, 0.5) is 19.0 Å². The number of carbonyl (C=O) groups excluding carboxylic acids is 1. The second-order valence-corrected chi connectivity index (χ2v) is 7.58. The van der Waals surface area contributed by atoms with Crippen LogP contribution in [0.15, 0.2) is 18.3 Å². The zero-order chi connectivity index (χ0) is 19.4. The number of nitrogens with zero attached hydrogens (tertiary/aromatic N) is 3. The van der Waals surface area contributed by atoms with E-state index in [1.807, 2.05) is 11.8 Å². The monoisotopic (exact) mass is 384 g/mol. The van der Waals surface area contributed by atoms with Gasteiger partial charge in [-0.1, -0.05) is 0 Å². The van der Waals surface area contributed by atoms with E-state index in [0.717, 1.165) is 31.9 Å². The molecule has 5 nitrogen and oxygen atoms in total. The predicted octanol–water partition coefficient (Wildman–Crippen LogP) is 2.92. The zero-order valence-electron chi connectivity index (χ0n) is 15.6. The van der Waals surface area contributed by atoms with Crippen molar-refractivity contribution >= 4 is 11.7 Å². The molecule has 0 aliphatic carbocycles. The molecule has 3 rings (SSSR count). The van der Waals surface area contributed by atoms with Crippen LogP contribution in [-0.4, -0.2) is 54.6 Å². The lowest BCUT2D eigenvalue weighted by Gasteiger charge is -2.33. The first kappa shape index (κ1) is 19.9. The van der Waals surface area contributed by atoms with Crippen molar-refractivity contribution in [2.45, 2.75) is 44.8 Å². The first-order chi connectivity index (χ1) is 12.8. The lowest BCUT2D eigenvalue weighted by molar-refractivity contribution is -0.137. The van der Waals surface area contributed by atoms with E-state index in [2.05, 4.69) is 15.2 Å². The highest BCUT2D eigenvalue weighted by atomic mass is 19.4. The van der Waals surface area contributed by atoms with Gasteiger partial charge in [0.25, 0.3) is 0 Å². The minimum atomic E-state index is -4.37. The number of carbonyl (C=O) groups is 1. The Bertz CT molecular complexity index is 621. The van der Waals surface area contributed by atoms with Crippen LogP contribution in [0.2, 0.25) is 0 Å². The number of hydrogen-bond acceptors (Lipinski definition) is 4. The highest BCUT2D eigenvalue weighted by Gasteiger charge is 2.31. The van der Waals surface area contributed by atoms with Crippen LogP contribution in [-0.2, 0) is 11.0 Å². The first-order valence-corrected chi connectivity index (χ1v) is 9.64. The molecule has 0 aromatic carbocycles. The molecule has 2 saturated heterocycles. The maximum Gasteiger partial charge on any atom is 0.417 e. The molecule has 1 aromatic rings. The van der Waals surface area contributed by atoms with E-state index in [4.69, 9.17) is 0 Å². The average Bonchev–Trinajstić information content (AvgIpc) is 3.14. The summed E-state index contributed by atoms with van der Waals surface area (Å²) in [5.74, 6) is 0.572. The SMILES string of the molecule is CC(CN1CCCC1)NC(=O)C1CCN(c2ccc(C(F)(F)F)cn2)CC1. The second-order valence-electron chi connectivity index (χ2n) is 7.58. The number of amides is 1. The van der Waals surface area contributed by atoms with Gasteiger partial charge in [0.2, 0.25) is 5.91 Å². The molecule has 150 valence electrons. The molecular formula is C19H27F3N4O. The van der Waals surface area contributed by atoms with Gasteiger partial charge in [0, 0.05) is 37.8 Å². The summed E-state index contributed by atoms with van der Waals surface area (Å²) in [6.45, 7) is 6.39. The molecule has 0 radical (unpaired) electrons. The van der Waals surface area contributed by atoms with Gasteiger partial charge >= 0.3 is 6.18 Å². The Kier molecular flexibility index (Phi) is 6.24. The van der Waals surface area contributed by atoms with E-state index in [1.165, 1.54) is 18.9 Å². The summed E-state index contributed by atoms with van der Waals surface area (Å²) in [5.41, 5.74) is -0.743. The molecular weight excluding hydrogens is 357 g/mol. The minimum Gasteiger partial charge on any atom is -0.357 e. The molecule has 27 heavy (non-hydrogen) atoms. The molecule has 1 N–H and O–H groups in total. The summed E-state index contributed by atoms with van der Waals surface area (Å²) < 4.78 is 37.9. The number of rotatable bonds is 5. The van der Waals surface area contributed by atoms with Crippen molar-refractivity contribution in [1.29, 1.82) is 0 Å². The Hall–Kier alpha value is -1.83. The van der Waals surface area contributed by atoms with E-state index in [1.54, 1.807) is 0 Å². The summed E-state index contributed by atoms with van der Waals surface area (Å²) in [5, 5.41) is 3.12. The van der Waals surface area contributed by atoms with Crippen LogP contribution in [0.5, 0.6) is 0 Å². The first-order valence-electron chi connectivity index (χ1n) is 9.64. The number of halogens is 3. The minimum absolute atomic E-state index is 0.0447. The predicted molar refractivity (Wildman–Crippen MR) is 97.5 cm³/mol. The summed E-state index contributed by atoms with van der Waals surface area (Å²) in [7, 11) is 0. The zero-order valence-corrected chi connectivity index (χ0v) is 15.6. The van der Waals surface area contributed by atoms with Crippen molar-refractivity contribution < 1.29 is 18.0 Å². The van der Waals surface area contributed by atoms with E-state index < -0.39 is 11.7 Å². The van der Waals surface area contributed by atoms with Crippen molar-refractivity contribution in [2.75, 3.05) is 37.6 Å². The summed E-state index contributed by atoms with van der Waals surface area (Å²) in [4.78, 5) is 20.8. The van der Waals surface area contributed by atoms with Gasteiger partial charge in [-0.15, -0.1) is 0 Å². The van der Waals surface area contributed by atoms with Gasteiger partial charge in [-0.05, 0) is 57.8 Å². The van der Waals surface area contributed by atoms with Gasteiger partial charge in [-0.2, -0.15) is 13.2 Å². The third kappa shape index (κ3) is 5.34. The quantitative estimate of drug-likeness (QED) is 0.848. The normalized spacial score (nSPS) is 20.7. The van der Waals surface area contributed by atoms with Crippen LogP contribution in [0.1, 0.15) is 38.2 Å². The Balaban J connectivity index is 1.45. The molecule has 1 aromatic heterocycles. The van der Waals surface area contributed by atoms with Crippen LogP contribution in [0.25, 0.3) is 0 Å². The Labute approximate surface area is 157 Å². The topological polar surface area (TPSA) is 48.5 Å². The molecule has 0 spiro atoms. The third-order valence-electron chi connectivity index (χ3n) is 5.38. The van der Waals surface area contributed by atoms with Crippen molar-refractivity contribution in [3.63, 3.8) is 0 Å². The molecule has 2 aliphatic rings. The molecule has 1 amide bonds. The van der Waals surface area contributed by atoms with E-state index in [0.29, 0.717) is 31.7 Å². The average molecular weight is 384 g/mol. The van der Waals surface area contributed by atoms with Gasteiger partial charge < -0.3 is 15.1 Å². The van der Waals surface area contributed by atoms with Crippen LogP contribution in [0, 0.1) is 5.92 Å². The van der Waals surface area contributed by atoms with Crippen LogP contribution in [0.3, 0.4) is 0 Å². The lowest BCUT2D eigenvalue weighted by atomic mass is 9.95. The Morgan fingerprint density at radius 2 is 1.89 bits per heavy atom. The summed E-state index contributed by atoms with van der Waals surface area (Å²) in [6, 6.07) is 2.59. The number of piperidine rings is 1. The summed E-state index contributed by atoms with van der Waals surface area (Å²) >= 11 is 0. The molecule has 0 saturated carbocycles. The maximum atomic E-state index is 12.6. The van der Waals surface area contributed by atoms with Crippen molar-refractivity contribution in [3.8, 4) is 0 Å². The van der Waals surface area contributed by atoms with Crippen molar-refractivity contribution in [3.05, 3.63) is 23.9 Å². The van der Waals surface area contributed by atoms with Gasteiger partial charge in [0.1, 0.15) is 5.82 Å². The standard InChI is InChI=1S/C19H27F3N4O/c1-14(13-25-8-2-3-9-25)24-18(27)15-6-10-26(11-7-15)17-5-4-16(12-23-17)19(20,21)22/h4-5,12,14-15H,2-3,6-11,13H2,1H3,(H,24,27). The number of likely N-dealkylation sites (tertiary alicyclic amines) is 1. The van der Waals surface area contributed by atoms with E-state index in [-0.39, 0.29) is 17.9 Å². The van der Waals surface area contributed by atoms with Crippen LogP contribution >= 0.6 is 0 Å². The second kappa shape index (κ2) is 8.46. The molecule has 8 heteroatoms. The molecule has 2 fully saturated rings. The van der Waals surface area contributed by atoms with Crippen molar-refractivity contribution in [2.24, 2.45) is 5.92 Å². The number of nitrogens with one attached hydrogen (secondary N) is 1. The molecule has 1 atom stereocenters. The lowest BCUT2D eigenvalue weighted by Crippen LogP contribution is -2.46. The van der Waals surface area contributed by atoms with Crippen LogP contribution < -0.4 is 10.2 Å². The highest BCUT2D eigenvalue weighted by Crippen LogP contribution is 2.30. The van der Waals surface area contributed by atoms with Crippen molar-refractivity contribution in [1.82, 2.24) is 15.2 Å². The smallest absolute Gasteiger partial charge is 0.357 e. The number of anilines is 1. The highest BCUT2D eigenvalue weighted by molar-refractivity contribution is 5.79. The van der Waals surface area contributed by atoms with E-state index in [9.17, 15) is 18.0 Å². The number of hydrogen-bond donors (Lipinski definition) is 1.